The van der Waals surface area contributed by atoms with Gasteiger partial charge in [-0.2, -0.15) is 13.2 Å². The lowest BCUT2D eigenvalue weighted by Gasteiger charge is -2.35. The molecule has 3 atom stereocenters. The van der Waals surface area contributed by atoms with Crippen LogP contribution < -0.4 is 0 Å². The molecule has 2 rings (SSSR count). The Bertz CT molecular complexity index is 439. The molecule has 1 amide bonds. The number of halogens is 3. The molecule has 132 valence electrons. The lowest BCUT2D eigenvalue weighted by Crippen LogP contribution is -2.45. The SMILES string of the molecule is O=C(O)CC1CCCN(C(=O)[C@@H]2CCCC[C@@H]2C(F)(F)F)CC1. The highest BCUT2D eigenvalue weighted by atomic mass is 19.4. The molecule has 1 N–H and O–H groups in total. The largest absolute Gasteiger partial charge is 0.481 e. The highest BCUT2D eigenvalue weighted by Crippen LogP contribution is 2.42. The number of carbonyl (C=O) groups excluding carboxylic acids is 1. The summed E-state index contributed by atoms with van der Waals surface area (Å²) in [5.41, 5.74) is 0. The molecule has 1 aliphatic carbocycles. The minimum atomic E-state index is -4.32. The van der Waals surface area contributed by atoms with Crippen molar-refractivity contribution in [1.82, 2.24) is 4.90 Å². The third-order valence-corrected chi connectivity index (χ3v) is 5.13. The second-order valence-corrected chi connectivity index (χ2v) is 6.76. The molecule has 1 aliphatic heterocycles. The fourth-order valence-corrected chi connectivity index (χ4v) is 3.89. The van der Waals surface area contributed by atoms with Gasteiger partial charge >= 0.3 is 12.1 Å². The van der Waals surface area contributed by atoms with Gasteiger partial charge in [0.25, 0.3) is 0 Å². The number of rotatable bonds is 3. The molecule has 2 fully saturated rings. The molecule has 1 saturated carbocycles. The summed E-state index contributed by atoms with van der Waals surface area (Å²) in [6.45, 7) is 0.813. The maximum Gasteiger partial charge on any atom is 0.392 e. The van der Waals surface area contributed by atoms with E-state index in [-0.39, 0.29) is 24.7 Å². The van der Waals surface area contributed by atoms with Crippen LogP contribution in [0, 0.1) is 17.8 Å². The van der Waals surface area contributed by atoms with Gasteiger partial charge in [0, 0.05) is 25.4 Å². The molecular weight excluding hydrogens is 311 g/mol. The van der Waals surface area contributed by atoms with Gasteiger partial charge in [-0.05, 0) is 38.0 Å². The van der Waals surface area contributed by atoms with Gasteiger partial charge in [-0.25, -0.2) is 0 Å². The van der Waals surface area contributed by atoms with E-state index in [1.807, 2.05) is 0 Å². The summed E-state index contributed by atoms with van der Waals surface area (Å²) in [4.78, 5) is 24.9. The number of carbonyl (C=O) groups is 2. The van der Waals surface area contributed by atoms with Crippen LogP contribution in [0.4, 0.5) is 13.2 Å². The molecular formula is C16H24F3NO3. The highest BCUT2D eigenvalue weighted by molar-refractivity contribution is 5.79. The fourth-order valence-electron chi connectivity index (χ4n) is 3.89. The normalized spacial score (nSPS) is 29.9. The number of amides is 1. The van der Waals surface area contributed by atoms with E-state index in [4.69, 9.17) is 5.11 Å². The van der Waals surface area contributed by atoms with E-state index in [0.717, 1.165) is 0 Å². The summed E-state index contributed by atoms with van der Waals surface area (Å²) in [7, 11) is 0. The fraction of sp³-hybridized carbons (Fsp3) is 0.875. The second kappa shape index (κ2) is 7.53. The first kappa shape index (κ1) is 18.1. The van der Waals surface area contributed by atoms with Gasteiger partial charge in [0.05, 0.1) is 5.92 Å². The van der Waals surface area contributed by atoms with Crippen LogP contribution in [0.15, 0.2) is 0 Å². The van der Waals surface area contributed by atoms with Crippen LogP contribution in [0.1, 0.15) is 51.4 Å². The molecule has 1 unspecified atom stereocenters. The Kier molecular flexibility index (Phi) is 5.92. The number of carboxylic acid groups (broad SMARTS) is 1. The second-order valence-electron chi connectivity index (χ2n) is 6.76. The molecule has 0 spiro atoms. The smallest absolute Gasteiger partial charge is 0.392 e. The van der Waals surface area contributed by atoms with Crippen molar-refractivity contribution in [2.45, 2.75) is 57.5 Å². The van der Waals surface area contributed by atoms with Gasteiger partial charge < -0.3 is 10.0 Å². The molecule has 7 heteroatoms. The van der Waals surface area contributed by atoms with Gasteiger partial charge in [0.1, 0.15) is 0 Å². The summed E-state index contributed by atoms with van der Waals surface area (Å²) >= 11 is 0. The number of alkyl halides is 3. The Morgan fingerprint density at radius 3 is 2.35 bits per heavy atom. The van der Waals surface area contributed by atoms with Crippen molar-refractivity contribution in [3.05, 3.63) is 0 Å². The number of aliphatic carboxylic acids is 1. The first-order chi connectivity index (χ1) is 10.8. The van der Waals surface area contributed by atoms with Crippen molar-refractivity contribution < 1.29 is 27.9 Å². The Morgan fingerprint density at radius 2 is 1.70 bits per heavy atom. The molecule has 0 aromatic carbocycles. The van der Waals surface area contributed by atoms with Crippen molar-refractivity contribution in [2.75, 3.05) is 13.1 Å². The summed E-state index contributed by atoms with van der Waals surface area (Å²) in [5.74, 6) is -3.72. The Balaban J connectivity index is 1.99. The van der Waals surface area contributed by atoms with E-state index in [1.54, 1.807) is 0 Å². The van der Waals surface area contributed by atoms with Crippen molar-refractivity contribution >= 4 is 11.9 Å². The average Bonchev–Trinajstić information content (AvgIpc) is 2.70. The minimum Gasteiger partial charge on any atom is -0.481 e. The predicted molar refractivity (Wildman–Crippen MR) is 77.7 cm³/mol. The number of carboxylic acids is 1. The average molecular weight is 335 g/mol. The summed E-state index contributed by atoms with van der Waals surface area (Å²) in [6.07, 6.45) is -0.798. The van der Waals surface area contributed by atoms with Gasteiger partial charge in [0.2, 0.25) is 5.91 Å². The van der Waals surface area contributed by atoms with Crippen molar-refractivity contribution in [3.8, 4) is 0 Å². The molecule has 0 aromatic heterocycles. The van der Waals surface area contributed by atoms with Crippen LogP contribution >= 0.6 is 0 Å². The molecule has 4 nitrogen and oxygen atoms in total. The number of hydrogen-bond acceptors (Lipinski definition) is 2. The molecule has 1 saturated heterocycles. The zero-order valence-corrected chi connectivity index (χ0v) is 13.1. The number of hydrogen-bond donors (Lipinski definition) is 1. The summed E-state index contributed by atoms with van der Waals surface area (Å²) < 4.78 is 39.5. The van der Waals surface area contributed by atoms with E-state index >= 15 is 0 Å². The number of likely N-dealkylation sites (tertiary alicyclic amines) is 1. The van der Waals surface area contributed by atoms with Gasteiger partial charge in [-0.15, -0.1) is 0 Å². The minimum absolute atomic E-state index is 0.00932. The third-order valence-electron chi connectivity index (χ3n) is 5.13. The van der Waals surface area contributed by atoms with Crippen molar-refractivity contribution in [2.24, 2.45) is 17.8 Å². The summed E-state index contributed by atoms with van der Waals surface area (Å²) in [6, 6.07) is 0. The first-order valence-electron chi connectivity index (χ1n) is 8.36. The van der Waals surface area contributed by atoms with Crippen molar-refractivity contribution in [3.63, 3.8) is 0 Å². The maximum atomic E-state index is 13.2. The molecule has 2 aliphatic rings. The van der Waals surface area contributed by atoms with E-state index < -0.39 is 24.0 Å². The molecule has 23 heavy (non-hydrogen) atoms. The zero-order chi connectivity index (χ0) is 17.0. The quantitative estimate of drug-likeness (QED) is 0.859. The van der Waals surface area contributed by atoms with Crippen LogP contribution in [0.3, 0.4) is 0 Å². The van der Waals surface area contributed by atoms with Gasteiger partial charge in [0.15, 0.2) is 0 Å². The van der Waals surface area contributed by atoms with Crippen LogP contribution in [0.5, 0.6) is 0 Å². The Morgan fingerprint density at radius 1 is 1.00 bits per heavy atom. The van der Waals surface area contributed by atoms with Gasteiger partial charge in [-0.3, -0.25) is 9.59 Å². The standard InChI is InChI=1S/C16H24F3NO3/c17-16(18,19)13-6-2-1-5-12(13)15(23)20-8-3-4-11(7-9-20)10-14(21)22/h11-13H,1-10H2,(H,21,22)/t11?,12-,13+/m1/s1. The zero-order valence-electron chi connectivity index (χ0n) is 13.1. The Hall–Kier alpha value is -1.27. The van der Waals surface area contributed by atoms with E-state index in [1.165, 1.54) is 4.90 Å². The van der Waals surface area contributed by atoms with Gasteiger partial charge in [-0.1, -0.05) is 12.8 Å². The van der Waals surface area contributed by atoms with Crippen molar-refractivity contribution in [1.29, 1.82) is 0 Å². The van der Waals surface area contributed by atoms with Crippen LogP contribution in [0.25, 0.3) is 0 Å². The van der Waals surface area contributed by atoms with Crippen LogP contribution in [-0.2, 0) is 9.59 Å². The first-order valence-corrected chi connectivity index (χ1v) is 8.36. The van der Waals surface area contributed by atoms with E-state index in [2.05, 4.69) is 0 Å². The molecule has 1 heterocycles. The lowest BCUT2D eigenvalue weighted by atomic mass is 9.78. The monoisotopic (exact) mass is 335 g/mol. The Labute approximate surface area is 134 Å². The van der Waals surface area contributed by atoms with Crippen LogP contribution in [0.2, 0.25) is 0 Å². The number of nitrogens with zero attached hydrogens (tertiary/aromatic N) is 1. The summed E-state index contributed by atoms with van der Waals surface area (Å²) in [5, 5.41) is 8.86. The lowest BCUT2D eigenvalue weighted by molar-refractivity contribution is -0.200. The molecule has 0 radical (unpaired) electrons. The maximum absolute atomic E-state index is 13.2. The third kappa shape index (κ3) is 4.85. The topological polar surface area (TPSA) is 57.6 Å². The molecule has 0 aromatic rings. The van der Waals surface area contributed by atoms with E-state index in [9.17, 15) is 22.8 Å². The predicted octanol–water partition coefficient (Wildman–Crippen LogP) is 3.46. The van der Waals surface area contributed by atoms with E-state index in [0.29, 0.717) is 51.6 Å². The highest BCUT2D eigenvalue weighted by Gasteiger charge is 2.48. The molecule has 0 bridgehead atoms. The van der Waals surface area contributed by atoms with Crippen LogP contribution in [-0.4, -0.2) is 41.1 Å².